The molecular weight excluding hydrogens is 303 g/mol. The van der Waals surface area contributed by atoms with Gasteiger partial charge in [0.05, 0.1) is 27.2 Å². The van der Waals surface area contributed by atoms with E-state index in [1.165, 1.54) is 11.3 Å². The predicted molar refractivity (Wildman–Crippen MR) is 76.2 cm³/mol. The maximum atomic E-state index is 9.25. The van der Waals surface area contributed by atoms with Crippen LogP contribution in [-0.4, -0.2) is 30.1 Å². The van der Waals surface area contributed by atoms with Crippen LogP contribution in [0.3, 0.4) is 0 Å². The van der Waals surface area contributed by atoms with Gasteiger partial charge in [-0.15, -0.1) is 23.7 Å². The lowest BCUT2D eigenvalue weighted by Gasteiger charge is -2.18. The number of nitrogens with one attached hydrogen (secondary N) is 1. The first-order valence-corrected chi connectivity index (χ1v) is 6.61. The molecule has 1 atom stereocenters. The van der Waals surface area contributed by atoms with Crippen LogP contribution in [0.2, 0.25) is 8.67 Å². The zero-order valence-corrected chi connectivity index (χ0v) is 12.1. The van der Waals surface area contributed by atoms with Crippen molar-refractivity contribution in [2.45, 2.75) is 18.9 Å². The summed E-state index contributed by atoms with van der Waals surface area (Å²) in [6, 6.07) is 1.90. The Kier molecular flexibility index (Phi) is 6.03. The maximum absolute atomic E-state index is 9.25. The molecule has 0 amide bonds. The van der Waals surface area contributed by atoms with E-state index in [0.29, 0.717) is 17.4 Å². The SMILES string of the molecule is Cl.OC1CN=C(CCc2cc(Cl)sc2Cl)NC1. The summed E-state index contributed by atoms with van der Waals surface area (Å²) in [7, 11) is 0. The third kappa shape index (κ3) is 4.30. The van der Waals surface area contributed by atoms with Gasteiger partial charge in [0.2, 0.25) is 0 Å². The van der Waals surface area contributed by atoms with Gasteiger partial charge in [0.1, 0.15) is 0 Å². The maximum Gasteiger partial charge on any atom is 0.0976 e. The van der Waals surface area contributed by atoms with Crippen molar-refractivity contribution in [2.24, 2.45) is 4.99 Å². The number of amidine groups is 1. The van der Waals surface area contributed by atoms with Crippen LogP contribution in [0.15, 0.2) is 11.1 Å². The van der Waals surface area contributed by atoms with E-state index in [1.807, 2.05) is 6.07 Å². The number of aliphatic hydroxyl groups is 1. The highest BCUT2D eigenvalue weighted by Gasteiger charge is 2.13. The van der Waals surface area contributed by atoms with E-state index in [-0.39, 0.29) is 18.5 Å². The van der Waals surface area contributed by atoms with E-state index in [2.05, 4.69) is 10.3 Å². The summed E-state index contributed by atoms with van der Waals surface area (Å²) in [4.78, 5) is 4.24. The standard InChI is InChI=1S/C10H12Cl2N2OS.ClH/c11-8-3-6(10(12)16-8)1-2-9-13-4-7(15)5-14-9;/h3,7,15H,1-2,4-5H2,(H,13,14);1H. The van der Waals surface area contributed by atoms with E-state index in [9.17, 15) is 5.11 Å². The first-order valence-electron chi connectivity index (χ1n) is 5.04. The molecule has 1 aromatic rings. The second-order valence-electron chi connectivity index (χ2n) is 3.67. The molecule has 96 valence electrons. The molecule has 0 bridgehead atoms. The molecule has 1 unspecified atom stereocenters. The largest absolute Gasteiger partial charge is 0.389 e. The number of aryl methyl sites for hydroxylation is 1. The Labute approximate surface area is 120 Å². The lowest BCUT2D eigenvalue weighted by atomic mass is 10.1. The molecule has 2 N–H and O–H groups in total. The number of hydrogen-bond donors (Lipinski definition) is 2. The molecule has 1 aliphatic heterocycles. The second-order valence-corrected chi connectivity index (χ2v) is 5.96. The van der Waals surface area contributed by atoms with E-state index in [1.54, 1.807) is 0 Å². The highest BCUT2D eigenvalue weighted by Crippen LogP contribution is 2.31. The molecule has 0 aromatic carbocycles. The van der Waals surface area contributed by atoms with Crippen LogP contribution >= 0.6 is 46.9 Å². The van der Waals surface area contributed by atoms with Crippen molar-refractivity contribution >= 4 is 52.8 Å². The van der Waals surface area contributed by atoms with Crippen LogP contribution < -0.4 is 5.32 Å². The fourth-order valence-electron chi connectivity index (χ4n) is 1.54. The van der Waals surface area contributed by atoms with Crippen molar-refractivity contribution in [1.82, 2.24) is 5.32 Å². The summed E-state index contributed by atoms with van der Waals surface area (Å²) >= 11 is 13.3. The van der Waals surface area contributed by atoms with Crippen LogP contribution in [0.4, 0.5) is 0 Å². The topological polar surface area (TPSA) is 44.6 Å². The molecule has 0 radical (unpaired) electrons. The number of nitrogens with zero attached hydrogens (tertiary/aromatic N) is 1. The van der Waals surface area contributed by atoms with Gasteiger partial charge in [-0.2, -0.15) is 0 Å². The van der Waals surface area contributed by atoms with E-state index in [4.69, 9.17) is 23.2 Å². The Morgan fingerprint density at radius 3 is 2.76 bits per heavy atom. The first-order chi connectivity index (χ1) is 7.65. The monoisotopic (exact) mass is 314 g/mol. The van der Waals surface area contributed by atoms with E-state index >= 15 is 0 Å². The number of rotatable bonds is 3. The third-order valence-corrected chi connectivity index (χ3v) is 3.96. The van der Waals surface area contributed by atoms with Gasteiger partial charge in [0.15, 0.2) is 0 Å². The van der Waals surface area contributed by atoms with Gasteiger partial charge >= 0.3 is 0 Å². The number of aliphatic hydroxyl groups excluding tert-OH is 1. The molecule has 0 fully saturated rings. The summed E-state index contributed by atoms with van der Waals surface area (Å²) < 4.78 is 1.47. The number of hydrogen-bond acceptors (Lipinski definition) is 4. The highest BCUT2D eigenvalue weighted by molar-refractivity contribution is 7.20. The minimum Gasteiger partial charge on any atom is -0.389 e. The van der Waals surface area contributed by atoms with Crippen LogP contribution in [0.25, 0.3) is 0 Å². The molecule has 2 rings (SSSR count). The Morgan fingerprint density at radius 2 is 2.24 bits per heavy atom. The average Bonchev–Trinajstić information content (AvgIpc) is 2.57. The molecule has 0 aliphatic carbocycles. The Morgan fingerprint density at radius 1 is 1.47 bits per heavy atom. The molecule has 0 spiro atoms. The van der Waals surface area contributed by atoms with Crippen molar-refractivity contribution in [3.05, 3.63) is 20.3 Å². The van der Waals surface area contributed by atoms with Crippen LogP contribution in [-0.2, 0) is 6.42 Å². The number of halogens is 3. The molecule has 3 nitrogen and oxygen atoms in total. The average molecular weight is 316 g/mol. The molecule has 0 saturated carbocycles. The van der Waals surface area contributed by atoms with Crippen LogP contribution in [0.1, 0.15) is 12.0 Å². The van der Waals surface area contributed by atoms with Gasteiger partial charge < -0.3 is 10.4 Å². The summed E-state index contributed by atoms with van der Waals surface area (Å²) in [5, 5.41) is 12.3. The summed E-state index contributed by atoms with van der Waals surface area (Å²) in [5.41, 5.74) is 1.06. The summed E-state index contributed by atoms with van der Waals surface area (Å²) in [5.74, 6) is 0.934. The second kappa shape index (κ2) is 6.81. The van der Waals surface area contributed by atoms with Crippen molar-refractivity contribution in [1.29, 1.82) is 0 Å². The van der Waals surface area contributed by atoms with E-state index in [0.717, 1.165) is 28.6 Å². The molecular formula is C10H13Cl3N2OS. The Bertz CT molecular complexity index is 408. The fourth-order valence-corrected chi connectivity index (χ4v) is 3.08. The fraction of sp³-hybridized carbons (Fsp3) is 0.500. The Balaban J connectivity index is 0.00000144. The Hall–Kier alpha value is -0.000000000000000139. The van der Waals surface area contributed by atoms with Gasteiger partial charge in [-0.3, -0.25) is 4.99 Å². The molecule has 0 saturated heterocycles. The minimum absolute atomic E-state index is 0. The number of aliphatic imine (C=N–C) groups is 1. The van der Waals surface area contributed by atoms with Gasteiger partial charge in [-0.25, -0.2) is 0 Å². The first kappa shape index (κ1) is 15.1. The lowest BCUT2D eigenvalue weighted by Crippen LogP contribution is -2.38. The zero-order chi connectivity index (χ0) is 11.5. The van der Waals surface area contributed by atoms with Crippen molar-refractivity contribution in [3.8, 4) is 0 Å². The van der Waals surface area contributed by atoms with Crippen molar-refractivity contribution in [3.63, 3.8) is 0 Å². The molecule has 1 aliphatic rings. The van der Waals surface area contributed by atoms with Crippen LogP contribution in [0.5, 0.6) is 0 Å². The van der Waals surface area contributed by atoms with Gasteiger partial charge in [0.25, 0.3) is 0 Å². The zero-order valence-electron chi connectivity index (χ0n) is 8.95. The smallest absolute Gasteiger partial charge is 0.0976 e. The van der Waals surface area contributed by atoms with Crippen molar-refractivity contribution in [2.75, 3.05) is 13.1 Å². The normalized spacial score (nSPS) is 19.2. The molecule has 17 heavy (non-hydrogen) atoms. The molecule has 7 heteroatoms. The van der Waals surface area contributed by atoms with Crippen molar-refractivity contribution < 1.29 is 5.11 Å². The highest BCUT2D eigenvalue weighted by atomic mass is 35.5. The number of β-amino-alcohol motifs (C(OH)–C–C–N with tert-alkyl or cyclic N) is 1. The van der Waals surface area contributed by atoms with E-state index < -0.39 is 0 Å². The predicted octanol–water partition coefficient (Wildman–Crippen LogP) is 2.77. The van der Waals surface area contributed by atoms with Gasteiger partial charge in [-0.1, -0.05) is 23.2 Å². The lowest BCUT2D eigenvalue weighted by molar-refractivity contribution is 0.181. The quantitative estimate of drug-likeness (QED) is 0.901. The van der Waals surface area contributed by atoms with Gasteiger partial charge in [0, 0.05) is 13.0 Å². The molecule has 1 aromatic heterocycles. The minimum atomic E-state index is -0.358. The molecule has 2 heterocycles. The third-order valence-electron chi connectivity index (χ3n) is 2.39. The summed E-state index contributed by atoms with van der Waals surface area (Å²) in [6.45, 7) is 1.07. The van der Waals surface area contributed by atoms with Crippen LogP contribution in [0, 0.1) is 0 Å². The van der Waals surface area contributed by atoms with Gasteiger partial charge in [-0.05, 0) is 18.1 Å². The number of thiophene rings is 1. The summed E-state index contributed by atoms with van der Waals surface area (Å²) in [6.07, 6.45) is 1.27.